The molecular weight excluding hydrogens is 216 g/mol. The third kappa shape index (κ3) is 3.73. The van der Waals surface area contributed by atoms with Crippen LogP contribution >= 0.6 is 0 Å². The molecule has 0 nitrogen and oxygen atoms in total. The SMILES string of the molecule is C/C=C\C=C/C1=CC=C(/C=C\C/C=C\C)C1(C)C. The first-order valence-electron chi connectivity index (χ1n) is 6.63. The Hall–Kier alpha value is -1.56. The standard InChI is InChI=1S/C18H24/c1-5-7-9-11-13-17-15-14-16(18(17,3)4)12-10-8-6-2/h5-8,10-15H,9H2,1-4H3/b7-5-,8-6-,12-10-,13-11-. The van der Waals surface area contributed by atoms with Crippen LogP contribution in [0.3, 0.4) is 0 Å². The van der Waals surface area contributed by atoms with Gasteiger partial charge in [-0.05, 0) is 31.4 Å². The molecule has 0 radical (unpaired) electrons. The summed E-state index contributed by atoms with van der Waals surface area (Å²) in [5, 5.41) is 0. The van der Waals surface area contributed by atoms with Crippen molar-refractivity contribution < 1.29 is 0 Å². The molecule has 0 saturated heterocycles. The summed E-state index contributed by atoms with van der Waals surface area (Å²) < 4.78 is 0. The van der Waals surface area contributed by atoms with E-state index in [1.165, 1.54) is 11.1 Å². The van der Waals surface area contributed by atoms with Crippen molar-refractivity contribution >= 4 is 0 Å². The second-order valence-corrected chi connectivity index (χ2v) is 4.96. The Morgan fingerprint density at radius 2 is 1.56 bits per heavy atom. The van der Waals surface area contributed by atoms with Crippen molar-refractivity contribution in [2.24, 2.45) is 5.41 Å². The third-order valence-corrected chi connectivity index (χ3v) is 3.27. The van der Waals surface area contributed by atoms with Gasteiger partial charge < -0.3 is 0 Å². The van der Waals surface area contributed by atoms with Crippen LogP contribution in [0.2, 0.25) is 0 Å². The largest absolute Gasteiger partial charge is 0.0914 e. The van der Waals surface area contributed by atoms with Crippen LogP contribution in [0.15, 0.2) is 71.9 Å². The van der Waals surface area contributed by atoms with Gasteiger partial charge in [-0.15, -0.1) is 0 Å². The van der Waals surface area contributed by atoms with Crippen LogP contribution in [0, 0.1) is 5.41 Å². The van der Waals surface area contributed by atoms with Crippen molar-refractivity contribution in [2.75, 3.05) is 0 Å². The highest BCUT2D eigenvalue weighted by Crippen LogP contribution is 2.40. The van der Waals surface area contributed by atoms with Gasteiger partial charge in [0.15, 0.2) is 0 Å². The molecule has 0 unspecified atom stereocenters. The molecule has 0 amide bonds. The van der Waals surface area contributed by atoms with Gasteiger partial charge in [-0.25, -0.2) is 0 Å². The van der Waals surface area contributed by atoms with Crippen molar-refractivity contribution in [3.63, 3.8) is 0 Å². The predicted octanol–water partition coefficient (Wildman–Crippen LogP) is 5.53. The second kappa shape index (κ2) is 7.00. The van der Waals surface area contributed by atoms with Crippen molar-refractivity contribution in [1.29, 1.82) is 0 Å². The Morgan fingerprint density at radius 1 is 0.889 bits per heavy atom. The molecule has 0 spiro atoms. The quantitative estimate of drug-likeness (QED) is 0.437. The zero-order chi connectivity index (χ0) is 13.4. The molecule has 0 heteroatoms. The van der Waals surface area contributed by atoms with Crippen molar-refractivity contribution in [2.45, 2.75) is 34.1 Å². The summed E-state index contributed by atoms with van der Waals surface area (Å²) in [7, 11) is 0. The van der Waals surface area contributed by atoms with Gasteiger partial charge in [0.05, 0.1) is 0 Å². The normalized spacial score (nSPS) is 19.6. The number of hydrogen-bond donors (Lipinski definition) is 0. The van der Waals surface area contributed by atoms with Gasteiger partial charge in [0.25, 0.3) is 0 Å². The van der Waals surface area contributed by atoms with E-state index in [9.17, 15) is 0 Å². The maximum absolute atomic E-state index is 2.28. The van der Waals surface area contributed by atoms with E-state index >= 15 is 0 Å². The summed E-state index contributed by atoms with van der Waals surface area (Å²) >= 11 is 0. The minimum Gasteiger partial charge on any atom is -0.0914 e. The molecule has 0 aliphatic heterocycles. The molecule has 0 aromatic rings. The highest BCUT2D eigenvalue weighted by atomic mass is 14.3. The second-order valence-electron chi connectivity index (χ2n) is 4.96. The maximum Gasteiger partial charge on any atom is 0.0146 e. The van der Waals surface area contributed by atoms with E-state index in [2.05, 4.69) is 75.5 Å². The highest BCUT2D eigenvalue weighted by molar-refractivity contribution is 5.49. The number of allylic oxidation sites excluding steroid dienone is 12. The summed E-state index contributed by atoms with van der Waals surface area (Å²) in [4.78, 5) is 0. The van der Waals surface area contributed by atoms with Gasteiger partial charge in [0.1, 0.15) is 0 Å². The van der Waals surface area contributed by atoms with Gasteiger partial charge in [-0.1, -0.05) is 74.6 Å². The van der Waals surface area contributed by atoms with Crippen LogP contribution in [0.1, 0.15) is 34.1 Å². The molecule has 1 aliphatic carbocycles. The Morgan fingerprint density at radius 3 is 2.17 bits per heavy atom. The lowest BCUT2D eigenvalue weighted by atomic mass is 9.80. The molecule has 0 aromatic carbocycles. The first-order chi connectivity index (χ1) is 8.62. The van der Waals surface area contributed by atoms with Gasteiger partial charge in [-0.2, -0.15) is 0 Å². The topological polar surface area (TPSA) is 0 Å². The average molecular weight is 240 g/mol. The molecular formula is C18H24. The number of hydrogen-bond acceptors (Lipinski definition) is 0. The summed E-state index contributed by atoms with van der Waals surface area (Å²) in [5.41, 5.74) is 2.86. The monoisotopic (exact) mass is 240 g/mol. The Kier molecular flexibility index (Phi) is 5.64. The van der Waals surface area contributed by atoms with E-state index in [1.807, 2.05) is 13.0 Å². The van der Waals surface area contributed by atoms with E-state index in [0.29, 0.717) is 0 Å². The fourth-order valence-corrected chi connectivity index (χ4v) is 1.97. The molecule has 1 rings (SSSR count). The Balaban J connectivity index is 2.70. The molecule has 1 aliphatic rings. The first-order valence-corrected chi connectivity index (χ1v) is 6.63. The van der Waals surface area contributed by atoms with Crippen LogP contribution in [-0.4, -0.2) is 0 Å². The van der Waals surface area contributed by atoms with Crippen LogP contribution in [0.25, 0.3) is 0 Å². The van der Waals surface area contributed by atoms with Gasteiger partial charge in [0, 0.05) is 5.41 Å². The van der Waals surface area contributed by atoms with Gasteiger partial charge >= 0.3 is 0 Å². The van der Waals surface area contributed by atoms with Gasteiger partial charge in [-0.3, -0.25) is 0 Å². The minimum atomic E-state index is 0.116. The third-order valence-electron chi connectivity index (χ3n) is 3.27. The summed E-state index contributed by atoms with van der Waals surface area (Å²) in [6, 6.07) is 0. The van der Waals surface area contributed by atoms with Gasteiger partial charge in [0.2, 0.25) is 0 Å². The van der Waals surface area contributed by atoms with E-state index in [1.54, 1.807) is 0 Å². The molecule has 0 aromatic heterocycles. The van der Waals surface area contributed by atoms with Crippen LogP contribution in [0.4, 0.5) is 0 Å². The molecule has 0 bridgehead atoms. The molecule has 96 valence electrons. The van der Waals surface area contributed by atoms with E-state index in [-0.39, 0.29) is 5.41 Å². The van der Waals surface area contributed by atoms with Crippen molar-refractivity contribution in [1.82, 2.24) is 0 Å². The maximum atomic E-state index is 2.28. The average Bonchev–Trinajstić information content (AvgIpc) is 2.61. The molecule has 0 heterocycles. The van der Waals surface area contributed by atoms with Crippen molar-refractivity contribution in [3.8, 4) is 0 Å². The van der Waals surface area contributed by atoms with Crippen molar-refractivity contribution in [3.05, 3.63) is 71.9 Å². The first kappa shape index (κ1) is 14.5. The van der Waals surface area contributed by atoms with E-state index in [0.717, 1.165) is 6.42 Å². The van der Waals surface area contributed by atoms with E-state index < -0.39 is 0 Å². The lowest BCUT2D eigenvalue weighted by molar-refractivity contribution is 0.578. The molecule has 18 heavy (non-hydrogen) atoms. The van der Waals surface area contributed by atoms with E-state index in [4.69, 9.17) is 0 Å². The molecule has 0 atom stereocenters. The zero-order valence-corrected chi connectivity index (χ0v) is 12.0. The Bertz CT molecular complexity index is 435. The minimum absolute atomic E-state index is 0.116. The van der Waals surface area contributed by atoms with Crippen LogP contribution in [0.5, 0.6) is 0 Å². The zero-order valence-electron chi connectivity index (χ0n) is 12.0. The fourth-order valence-electron chi connectivity index (χ4n) is 1.97. The molecule has 0 saturated carbocycles. The Labute approximate surface area is 112 Å². The summed E-state index contributed by atoms with van der Waals surface area (Å²) in [6.07, 6.45) is 22.6. The smallest absolute Gasteiger partial charge is 0.0146 e. The van der Waals surface area contributed by atoms with Crippen LogP contribution in [-0.2, 0) is 0 Å². The fraction of sp³-hybridized carbons (Fsp3) is 0.333. The van der Waals surface area contributed by atoms with Crippen LogP contribution < -0.4 is 0 Å². The molecule has 0 N–H and O–H groups in total. The lowest BCUT2D eigenvalue weighted by Crippen LogP contribution is -2.12. The summed E-state index contributed by atoms with van der Waals surface area (Å²) in [6.45, 7) is 8.64. The number of rotatable bonds is 5. The lowest BCUT2D eigenvalue weighted by Gasteiger charge is -2.23. The summed E-state index contributed by atoms with van der Waals surface area (Å²) in [5.74, 6) is 0. The molecule has 0 fully saturated rings. The predicted molar refractivity (Wildman–Crippen MR) is 82.5 cm³/mol. The highest BCUT2D eigenvalue weighted by Gasteiger charge is 2.27.